The zero-order valence-corrected chi connectivity index (χ0v) is 19.4. The number of anilines is 1. The molecule has 1 heterocycles. The van der Waals surface area contributed by atoms with E-state index in [1.807, 2.05) is 13.8 Å². The maximum absolute atomic E-state index is 13.4. The summed E-state index contributed by atoms with van der Waals surface area (Å²) in [5.74, 6) is -0.643. The molecule has 8 nitrogen and oxygen atoms in total. The Hall–Kier alpha value is -2.91. The van der Waals surface area contributed by atoms with Gasteiger partial charge in [0.25, 0.3) is 11.8 Å². The van der Waals surface area contributed by atoms with Crippen molar-refractivity contribution in [3.05, 3.63) is 53.6 Å². The summed E-state index contributed by atoms with van der Waals surface area (Å²) in [6, 6.07) is 10.8. The number of rotatable bonds is 7. The molecule has 172 valence electrons. The van der Waals surface area contributed by atoms with Gasteiger partial charge in [0.05, 0.1) is 18.4 Å². The Kier molecular flexibility index (Phi) is 7.52. The molecule has 32 heavy (non-hydrogen) atoms. The van der Waals surface area contributed by atoms with Crippen molar-refractivity contribution in [3.8, 4) is 5.75 Å². The minimum Gasteiger partial charge on any atom is -0.495 e. The molecule has 0 aromatic heterocycles. The third kappa shape index (κ3) is 4.94. The Morgan fingerprint density at radius 1 is 1.12 bits per heavy atom. The van der Waals surface area contributed by atoms with Gasteiger partial charge in [-0.2, -0.15) is 4.31 Å². The molecule has 9 heteroatoms. The molecule has 0 aliphatic carbocycles. The SMILES string of the molecule is CCNC(=O)c1ccccc1NC(=O)c1ccc(OC)c(S(=O)(=O)N2CCCCC2C)c1. The number of benzene rings is 2. The number of methoxy groups -OCH3 is 1. The van der Waals surface area contributed by atoms with Crippen LogP contribution < -0.4 is 15.4 Å². The minimum absolute atomic E-state index is 0.0431. The molecule has 0 spiro atoms. The molecule has 0 radical (unpaired) electrons. The summed E-state index contributed by atoms with van der Waals surface area (Å²) in [5.41, 5.74) is 0.819. The Balaban J connectivity index is 1.94. The predicted octanol–water partition coefficient (Wildman–Crippen LogP) is 3.26. The number of nitrogens with zero attached hydrogens (tertiary/aromatic N) is 1. The number of carbonyl (C=O) groups excluding carboxylic acids is 2. The van der Waals surface area contributed by atoms with Gasteiger partial charge < -0.3 is 15.4 Å². The second kappa shape index (κ2) is 10.1. The van der Waals surface area contributed by atoms with Gasteiger partial charge >= 0.3 is 0 Å². The van der Waals surface area contributed by atoms with Crippen molar-refractivity contribution in [3.63, 3.8) is 0 Å². The van der Waals surface area contributed by atoms with E-state index in [1.54, 1.807) is 24.3 Å². The van der Waals surface area contributed by atoms with Gasteiger partial charge in [-0.05, 0) is 57.0 Å². The molecule has 1 aliphatic heterocycles. The molecule has 2 amide bonds. The van der Waals surface area contributed by atoms with E-state index >= 15 is 0 Å². The second-order valence-electron chi connectivity index (χ2n) is 7.69. The Bertz CT molecular complexity index is 1100. The Morgan fingerprint density at radius 2 is 1.88 bits per heavy atom. The molecule has 0 saturated carbocycles. The van der Waals surface area contributed by atoms with Crippen molar-refractivity contribution >= 4 is 27.5 Å². The fourth-order valence-electron chi connectivity index (χ4n) is 3.82. The lowest BCUT2D eigenvalue weighted by molar-refractivity contribution is 0.0956. The first-order valence-electron chi connectivity index (χ1n) is 10.7. The number of hydrogen-bond donors (Lipinski definition) is 2. The van der Waals surface area contributed by atoms with Crippen LogP contribution in [0, 0.1) is 0 Å². The van der Waals surface area contributed by atoms with Crippen LogP contribution in [0.2, 0.25) is 0 Å². The number of sulfonamides is 1. The average Bonchev–Trinajstić information content (AvgIpc) is 2.79. The van der Waals surface area contributed by atoms with E-state index in [1.165, 1.54) is 29.6 Å². The van der Waals surface area contributed by atoms with E-state index in [4.69, 9.17) is 4.74 Å². The summed E-state index contributed by atoms with van der Waals surface area (Å²) < 4.78 is 33.5. The van der Waals surface area contributed by atoms with Crippen LogP contribution in [0.4, 0.5) is 5.69 Å². The van der Waals surface area contributed by atoms with Gasteiger partial charge in [0.1, 0.15) is 10.6 Å². The highest BCUT2D eigenvalue weighted by Crippen LogP contribution is 2.32. The molecule has 2 aromatic rings. The fraction of sp³-hybridized carbons (Fsp3) is 0.391. The van der Waals surface area contributed by atoms with Crippen molar-refractivity contribution in [2.24, 2.45) is 0 Å². The first kappa shape index (κ1) is 23.7. The fourth-order valence-corrected chi connectivity index (χ4v) is 5.70. The van der Waals surface area contributed by atoms with Gasteiger partial charge in [-0.25, -0.2) is 8.42 Å². The van der Waals surface area contributed by atoms with Crippen LogP contribution in [-0.4, -0.2) is 50.8 Å². The molecule has 1 atom stereocenters. The van der Waals surface area contributed by atoms with Crippen molar-refractivity contribution < 1.29 is 22.7 Å². The van der Waals surface area contributed by atoms with Gasteiger partial charge in [0.2, 0.25) is 10.0 Å². The zero-order valence-electron chi connectivity index (χ0n) is 18.6. The van der Waals surface area contributed by atoms with Gasteiger partial charge in [-0.1, -0.05) is 18.6 Å². The van der Waals surface area contributed by atoms with E-state index in [2.05, 4.69) is 10.6 Å². The lowest BCUT2D eigenvalue weighted by Gasteiger charge is -2.32. The van der Waals surface area contributed by atoms with Crippen LogP contribution in [0.1, 0.15) is 53.8 Å². The molecule has 3 rings (SSSR count). The average molecular weight is 460 g/mol. The van der Waals surface area contributed by atoms with Crippen LogP contribution >= 0.6 is 0 Å². The quantitative estimate of drug-likeness (QED) is 0.661. The van der Waals surface area contributed by atoms with Crippen molar-refractivity contribution in [2.75, 3.05) is 25.5 Å². The molecule has 0 bridgehead atoms. The third-order valence-electron chi connectivity index (χ3n) is 5.51. The van der Waals surface area contributed by atoms with Crippen LogP contribution in [-0.2, 0) is 10.0 Å². The van der Waals surface area contributed by atoms with E-state index < -0.39 is 15.9 Å². The Labute approximate surface area is 189 Å². The number of nitrogens with one attached hydrogen (secondary N) is 2. The summed E-state index contributed by atoms with van der Waals surface area (Å²) >= 11 is 0. The molecule has 1 aliphatic rings. The first-order valence-corrected chi connectivity index (χ1v) is 12.1. The minimum atomic E-state index is -3.85. The summed E-state index contributed by atoms with van der Waals surface area (Å²) in [6.45, 7) is 4.58. The van der Waals surface area contributed by atoms with Gasteiger partial charge in [0.15, 0.2) is 0 Å². The van der Waals surface area contributed by atoms with Crippen molar-refractivity contribution in [1.82, 2.24) is 9.62 Å². The molecule has 2 aromatic carbocycles. The second-order valence-corrected chi connectivity index (χ2v) is 9.54. The predicted molar refractivity (Wildman–Crippen MR) is 123 cm³/mol. The lowest BCUT2D eigenvalue weighted by atomic mass is 10.1. The largest absolute Gasteiger partial charge is 0.495 e. The van der Waals surface area contributed by atoms with Gasteiger partial charge in [-0.3, -0.25) is 9.59 Å². The van der Waals surface area contributed by atoms with Gasteiger partial charge in [-0.15, -0.1) is 0 Å². The Morgan fingerprint density at radius 3 is 2.56 bits per heavy atom. The van der Waals surface area contributed by atoms with Gasteiger partial charge in [0, 0.05) is 24.7 Å². The molecule has 2 N–H and O–H groups in total. The molecular weight excluding hydrogens is 430 g/mol. The highest BCUT2D eigenvalue weighted by molar-refractivity contribution is 7.89. The molecule has 1 fully saturated rings. The van der Waals surface area contributed by atoms with E-state index in [0.29, 0.717) is 24.3 Å². The van der Waals surface area contributed by atoms with E-state index in [9.17, 15) is 18.0 Å². The molecule has 1 saturated heterocycles. The number of ether oxygens (including phenoxy) is 1. The topological polar surface area (TPSA) is 105 Å². The number of piperidine rings is 1. The highest BCUT2D eigenvalue weighted by Gasteiger charge is 2.33. The standard InChI is InChI=1S/C23H29N3O5S/c1-4-24-23(28)18-10-5-6-11-19(18)25-22(27)17-12-13-20(31-3)21(15-17)32(29,30)26-14-8-7-9-16(26)2/h5-6,10-13,15-16H,4,7-9,14H2,1-3H3,(H,24,28)(H,25,27). The lowest BCUT2D eigenvalue weighted by Crippen LogP contribution is -2.42. The number of carbonyl (C=O) groups is 2. The third-order valence-corrected chi connectivity index (χ3v) is 7.55. The normalized spacial score (nSPS) is 16.9. The van der Waals surface area contributed by atoms with Crippen LogP contribution in [0.5, 0.6) is 5.75 Å². The van der Waals surface area contributed by atoms with Crippen molar-refractivity contribution in [1.29, 1.82) is 0 Å². The summed E-state index contributed by atoms with van der Waals surface area (Å²) in [6.07, 6.45) is 2.57. The number of amides is 2. The maximum atomic E-state index is 13.4. The summed E-state index contributed by atoms with van der Waals surface area (Å²) in [4.78, 5) is 25.2. The molecule has 1 unspecified atom stereocenters. The van der Waals surface area contributed by atoms with Crippen LogP contribution in [0.15, 0.2) is 47.4 Å². The van der Waals surface area contributed by atoms with E-state index in [0.717, 1.165) is 19.3 Å². The first-order chi connectivity index (χ1) is 15.3. The summed E-state index contributed by atoms with van der Waals surface area (Å²) in [5, 5.41) is 5.43. The highest BCUT2D eigenvalue weighted by atomic mass is 32.2. The monoisotopic (exact) mass is 459 g/mol. The summed E-state index contributed by atoms with van der Waals surface area (Å²) in [7, 11) is -2.45. The number of para-hydroxylation sites is 1. The van der Waals surface area contributed by atoms with E-state index in [-0.39, 0.29) is 28.2 Å². The van der Waals surface area contributed by atoms with Crippen LogP contribution in [0.25, 0.3) is 0 Å². The van der Waals surface area contributed by atoms with Crippen molar-refractivity contribution in [2.45, 2.75) is 44.0 Å². The zero-order chi connectivity index (χ0) is 23.3. The van der Waals surface area contributed by atoms with Crippen LogP contribution in [0.3, 0.4) is 0 Å². The maximum Gasteiger partial charge on any atom is 0.255 e. The molecular formula is C23H29N3O5S. The smallest absolute Gasteiger partial charge is 0.255 e. The number of hydrogen-bond acceptors (Lipinski definition) is 5.